The lowest BCUT2D eigenvalue weighted by Crippen LogP contribution is -2.31. The minimum Gasteiger partial charge on any atom is -0.361 e. The first-order valence-corrected chi connectivity index (χ1v) is 5.52. The second-order valence-corrected chi connectivity index (χ2v) is 4.39. The van der Waals surface area contributed by atoms with Gasteiger partial charge in [-0.1, -0.05) is 24.3 Å². The topological polar surface area (TPSA) is 63.8 Å². The highest BCUT2D eigenvalue weighted by molar-refractivity contribution is 5.91. The number of hydrogen-bond acceptors (Lipinski definition) is 4. The summed E-state index contributed by atoms with van der Waals surface area (Å²) in [6.45, 7) is 0.651. The fraction of sp³-hybridized carbons (Fsp3) is 0.333. The molecule has 0 radical (unpaired) electrons. The van der Waals surface area contributed by atoms with Gasteiger partial charge in [-0.15, -0.1) is 5.10 Å². The van der Waals surface area contributed by atoms with Gasteiger partial charge in [0, 0.05) is 17.3 Å². The van der Waals surface area contributed by atoms with Gasteiger partial charge in [0.25, 0.3) is 0 Å². The standard InChI is InChI=1S/C12H14N4/c13-8-12(5-6-12)15-11-10-4-2-1-3-9(10)7-14-16-11/h1-4,7H,5-6,8,13H2,(H,15,16). The molecule has 1 aliphatic rings. The molecule has 0 unspecified atom stereocenters. The molecule has 0 atom stereocenters. The fourth-order valence-corrected chi connectivity index (χ4v) is 1.90. The summed E-state index contributed by atoms with van der Waals surface area (Å²) in [7, 11) is 0. The minimum atomic E-state index is 0.0683. The maximum atomic E-state index is 5.75. The summed E-state index contributed by atoms with van der Waals surface area (Å²) in [5.41, 5.74) is 5.82. The van der Waals surface area contributed by atoms with E-state index in [2.05, 4.69) is 21.6 Å². The molecule has 1 heterocycles. The van der Waals surface area contributed by atoms with Gasteiger partial charge in [-0.05, 0) is 12.8 Å². The molecule has 1 aliphatic carbocycles. The Kier molecular flexibility index (Phi) is 2.04. The van der Waals surface area contributed by atoms with Crippen LogP contribution in [0.15, 0.2) is 30.5 Å². The number of nitrogens with two attached hydrogens (primary N) is 1. The van der Waals surface area contributed by atoms with Crippen LogP contribution in [-0.2, 0) is 0 Å². The summed E-state index contributed by atoms with van der Waals surface area (Å²) in [6.07, 6.45) is 4.02. The summed E-state index contributed by atoms with van der Waals surface area (Å²) >= 11 is 0. The lowest BCUT2D eigenvalue weighted by atomic mass is 10.2. The van der Waals surface area contributed by atoms with Crippen molar-refractivity contribution in [3.05, 3.63) is 30.5 Å². The second kappa shape index (κ2) is 3.42. The van der Waals surface area contributed by atoms with E-state index in [4.69, 9.17) is 5.73 Å². The van der Waals surface area contributed by atoms with Crippen molar-refractivity contribution >= 4 is 16.6 Å². The lowest BCUT2D eigenvalue weighted by Gasteiger charge is -2.16. The van der Waals surface area contributed by atoms with Gasteiger partial charge in [-0.2, -0.15) is 5.10 Å². The van der Waals surface area contributed by atoms with Crippen molar-refractivity contribution in [2.75, 3.05) is 11.9 Å². The summed E-state index contributed by atoms with van der Waals surface area (Å²) in [4.78, 5) is 0. The number of fused-ring (bicyclic) bond motifs is 1. The van der Waals surface area contributed by atoms with Crippen molar-refractivity contribution in [3.8, 4) is 0 Å². The van der Waals surface area contributed by atoms with Crippen LogP contribution in [0, 0.1) is 0 Å². The summed E-state index contributed by atoms with van der Waals surface area (Å²) in [5, 5.41) is 13.8. The first-order valence-electron chi connectivity index (χ1n) is 5.52. The third-order valence-electron chi connectivity index (χ3n) is 3.20. The number of hydrogen-bond donors (Lipinski definition) is 2. The Morgan fingerprint density at radius 3 is 2.88 bits per heavy atom. The smallest absolute Gasteiger partial charge is 0.157 e. The Morgan fingerprint density at radius 1 is 1.31 bits per heavy atom. The van der Waals surface area contributed by atoms with Crippen molar-refractivity contribution in [1.82, 2.24) is 10.2 Å². The van der Waals surface area contributed by atoms with Crippen LogP contribution in [0.1, 0.15) is 12.8 Å². The number of rotatable bonds is 3. The Bertz CT molecular complexity index is 514. The lowest BCUT2D eigenvalue weighted by molar-refractivity contribution is 0.735. The van der Waals surface area contributed by atoms with Crippen molar-refractivity contribution < 1.29 is 0 Å². The zero-order valence-electron chi connectivity index (χ0n) is 8.98. The monoisotopic (exact) mass is 214 g/mol. The summed E-state index contributed by atoms with van der Waals surface area (Å²) < 4.78 is 0. The number of nitrogens with one attached hydrogen (secondary N) is 1. The Labute approximate surface area is 93.9 Å². The number of nitrogens with zero attached hydrogens (tertiary/aromatic N) is 2. The highest BCUT2D eigenvalue weighted by Gasteiger charge is 2.41. The van der Waals surface area contributed by atoms with Crippen LogP contribution in [0.5, 0.6) is 0 Å². The molecule has 1 fully saturated rings. The van der Waals surface area contributed by atoms with Crippen molar-refractivity contribution in [2.45, 2.75) is 18.4 Å². The molecule has 0 amide bonds. The van der Waals surface area contributed by atoms with Gasteiger partial charge >= 0.3 is 0 Å². The first-order chi connectivity index (χ1) is 7.83. The number of aromatic nitrogens is 2. The highest BCUT2D eigenvalue weighted by Crippen LogP contribution is 2.38. The van der Waals surface area contributed by atoms with Gasteiger partial charge in [0.15, 0.2) is 5.82 Å². The van der Waals surface area contributed by atoms with Gasteiger partial charge in [-0.3, -0.25) is 0 Å². The van der Waals surface area contributed by atoms with E-state index >= 15 is 0 Å². The van der Waals surface area contributed by atoms with Gasteiger partial charge < -0.3 is 11.1 Å². The Morgan fingerprint density at radius 2 is 2.12 bits per heavy atom. The minimum absolute atomic E-state index is 0.0683. The maximum Gasteiger partial charge on any atom is 0.157 e. The predicted molar refractivity (Wildman–Crippen MR) is 64.2 cm³/mol. The molecule has 4 heteroatoms. The molecule has 0 spiro atoms. The third kappa shape index (κ3) is 1.51. The van der Waals surface area contributed by atoms with Gasteiger partial charge in [0.2, 0.25) is 0 Å². The van der Waals surface area contributed by atoms with Gasteiger partial charge in [0.1, 0.15) is 0 Å². The highest BCUT2D eigenvalue weighted by atomic mass is 15.2. The van der Waals surface area contributed by atoms with Crippen LogP contribution in [0.2, 0.25) is 0 Å². The van der Waals surface area contributed by atoms with E-state index in [0.717, 1.165) is 29.4 Å². The van der Waals surface area contributed by atoms with E-state index in [0.29, 0.717) is 6.54 Å². The predicted octanol–water partition coefficient (Wildman–Crippen LogP) is 1.53. The van der Waals surface area contributed by atoms with Crippen LogP contribution in [-0.4, -0.2) is 22.3 Å². The third-order valence-corrected chi connectivity index (χ3v) is 3.20. The average Bonchev–Trinajstić information content (AvgIpc) is 3.10. The Hall–Kier alpha value is -1.68. The summed E-state index contributed by atoms with van der Waals surface area (Å²) in [5.74, 6) is 0.848. The molecule has 0 saturated heterocycles. The van der Waals surface area contributed by atoms with Crippen molar-refractivity contribution in [1.29, 1.82) is 0 Å². The number of benzene rings is 1. The molecule has 1 aromatic carbocycles. The van der Waals surface area contributed by atoms with Crippen molar-refractivity contribution in [2.24, 2.45) is 5.73 Å². The average molecular weight is 214 g/mol. The molecule has 82 valence electrons. The molecule has 16 heavy (non-hydrogen) atoms. The first kappa shape index (κ1) is 9.54. The zero-order valence-corrected chi connectivity index (χ0v) is 8.98. The molecule has 0 aliphatic heterocycles. The quantitative estimate of drug-likeness (QED) is 0.813. The van der Waals surface area contributed by atoms with E-state index in [9.17, 15) is 0 Å². The molecule has 3 rings (SSSR count). The van der Waals surface area contributed by atoms with Crippen LogP contribution >= 0.6 is 0 Å². The van der Waals surface area contributed by atoms with E-state index in [1.54, 1.807) is 6.20 Å². The molecular weight excluding hydrogens is 200 g/mol. The van der Waals surface area contributed by atoms with Crippen LogP contribution in [0.4, 0.5) is 5.82 Å². The van der Waals surface area contributed by atoms with E-state index in [1.807, 2.05) is 18.2 Å². The largest absolute Gasteiger partial charge is 0.361 e. The fourth-order valence-electron chi connectivity index (χ4n) is 1.90. The zero-order chi connectivity index (χ0) is 11.0. The maximum absolute atomic E-state index is 5.75. The summed E-state index contributed by atoms with van der Waals surface area (Å²) in [6, 6.07) is 8.11. The van der Waals surface area contributed by atoms with Gasteiger partial charge in [0.05, 0.1) is 11.7 Å². The molecular formula is C12H14N4. The molecule has 0 bridgehead atoms. The molecule has 2 aromatic rings. The Balaban J connectivity index is 2.03. The molecule has 3 N–H and O–H groups in total. The normalized spacial score (nSPS) is 17.3. The second-order valence-electron chi connectivity index (χ2n) is 4.39. The van der Waals surface area contributed by atoms with E-state index in [-0.39, 0.29) is 5.54 Å². The van der Waals surface area contributed by atoms with Gasteiger partial charge in [-0.25, -0.2) is 0 Å². The van der Waals surface area contributed by atoms with Crippen LogP contribution < -0.4 is 11.1 Å². The number of anilines is 1. The molecule has 1 aromatic heterocycles. The van der Waals surface area contributed by atoms with Crippen LogP contribution in [0.25, 0.3) is 10.8 Å². The molecule has 1 saturated carbocycles. The van der Waals surface area contributed by atoms with Crippen LogP contribution in [0.3, 0.4) is 0 Å². The molecule has 4 nitrogen and oxygen atoms in total. The van der Waals surface area contributed by atoms with E-state index < -0.39 is 0 Å². The van der Waals surface area contributed by atoms with Crippen molar-refractivity contribution in [3.63, 3.8) is 0 Å². The van der Waals surface area contributed by atoms with E-state index in [1.165, 1.54) is 0 Å². The SMILES string of the molecule is NCC1(Nc2nncc3ccccc23)CC1.